The highest BCUT2D eigenvalue weighted by atomic mass is 19.3. The van der Waals surface area contributed by atoms with Gasteiger partial charge in [-0.3, -0.25) is 4.79 Å². The summed E-state index contributed by atoms with van der Waals surface area (Å²) in [4.78, 5) is 12.0. The maximum atomic E-state index is 12.9. The molecular weight excluding hydrogens is 268 g/mol. The molecule has 0 unspecified atom stereocenters. The smallest absolute Gasteiger partial charge is 0.378 e. The first-order valence-electron chi connectivity index (χ1n) is 6.16. The molecule has 0 aromatic heterocycles. The first-order valence-corrected chi connectivity index (χ1v) is 6.16. The van der Waals surface area contributed by atoms with Gasteiger partial charge in [-0.1, -0.05) is 0 Å². The van der Waals surface area contributed by atoms with Crippen molar-refractivity contribution in [2.75, 3.05) is 26.2 Å². The van der Waals surface area contributed by atoms with Crippen LogP contribution < -0.4 is 5.73 Å². The van der Waals surface area contributed by atoms with E-state index in [4.69, 9.17) is 10.5 Å². The minimum absolute atomic E-state index is 0.00837. The van der Waals surface area contributed by atoms with Crippen LogP contribution in [0.3, 0.4) is 0 Å². The molecule has 19 heavy (non-hydrogen) atoms. The van der Waals surface area contributed by atoms with E-state index in [1.807, 2.05) is 0 Å². The van der Waals surface area contributed by atoms with Gasteiger partial charge in [0, 0.05) is 19.7 Å². The van der Waals surface area contributed by atoms with Crippen molar-refractivity contribution >= 4 is 5.91 Å². The van der Waals surface area contributed by atoms with Gasteiger partial charge < -0.3 is 15.4 Å². The topological polar surface area (TPSA) is 55.6 Å². The summed E-state index contributed by atoms with van der Waals surface area (Å²) in [6, 6.07) is 0. The van der Waals surface area contributed by atoms with E-state index in [1.165, 1.54) is 0 Å². The van der Waals surface area contributed by atoms with E-state index in [9.17, 15) is 22.4 Å². The van der Waals surface area contributed by atoms with Crippen molar-refractivity contribution in [2.45, 2.75) is 37.7 Å². The highest BCUT2D eigenvalue weighted by Crippen LogP contribution is 2.27. The fourth-order valence-electron chi connectivity index (χ4n) is 1.86. The monoisotopic (exact) mass is 286 g/mol. The standard InChI is InChI=1S/C11H18F4N2O2/c12-9(13)11(14,15)10(18)17-5-2-8(3-6-17)19-7-1-4-16/h8-9H,1-7,16H2. The molecule has 0 aromatic carbocycles. The van der Waals surface area contributed by atoms with Crippen LogP contribution in [0.2, 0.25) is 0 Å². The van der Waals surface area contributed by atoms with Crippen molar-refractivity contribution in [1.29, 1.82) is 0 Å². The predicted molar refractivity (Wildman–Crippen MR) is 60.2 cm³/mol. The summed E-state index contributed by atoms with van der Waals surface area (Å²) in [5.41, 5.74) is 5.29. The average molecular weight is 286 g/mol. The normalized spacial score (nSPS) is 18.1. The Bertz CT molecular complexity index is 294. The highest BCUT2D eigenvalue weighted by Gasteiger charge is 2.51. The van der Waals surface area contributed by atoms with Gasteiger partial charge in [0.1, 0.15) is 0 Å². The third-order valence-corrected chi connectivity index (χ3v) is 2.99. The summed E-state index contributed by atoms with van der Waals surface area (Å²) in [5, 5.41) is 0. The lowest BCUT2D eigenvalue weighted by Crippen LogP contribution is -2.51. The van der Waals surface area contributed by atoms with Crippen LogP contribution >= 0.6 is 0 Å². The van der Waals surface area contributed by atoms with Crippen LogP contribution in [0.15, 0.2) is 0 Å². The van der Waals surface area contributed by atoms with Gasteiger partial charge >= 0.3 is 12.3 Å². The Kier molecular flexibility index (Phi) is 5.99. The van der Waals surface area contributed by atoms with Gasteiger partial charge in [0.25, 0.3) is 5.91 Å². The number of likely N-dealkylation sites (tertiary alicyclic amines) is 1. The van der Waals surface area contributed by atoms with E-state index < -0.39 is 18.3 Å². The number of nitrogens with zero attached hydrogens (tertiary/aromatic N) is 1. The molecule has 0 aromatic rings. The molecule has 0 radical (unpaired) electrons. The molecule has 1 aliphatic rings. The maximum Gasteiger partial charge on any atom is 0.383 e. The average Bonchev–Trinajstić information content (AvgIpc) is 2.39. The van der Waals surface area contributed by atoms with Crippen molar-refractivity contribution in [3.8, 4) is 0 Å². The number of ether oxygens (including phenoxy) is 1. The molecule has 1 aliphatic heterocycles. The van der Waals surface area contributed by atoms with Gasteiger partial charge in [0.2, 0.25) is 0 Å². The summed E-state index contributed by atoms with van der Waals surface area (Å²) >= 11 is 0. The number of hydrogen-bond acceptors (Lipinski definition) is 3. The van der Waals surface area contributed by atoms with Crippen LogP contribution in [0.25, 0.3) is 0 Å². The van der Waals surface area contributed by atoms with Crippen LogP contribution in [0.1, 0.15) is 19.3 Å². The van der Waals surface area contributed by atoms with Crippen LogP contribution in [0.4, 0.5) is 17.6 Å². The molecule has 0 spiro atoms. The Morgan fingerprint density at radius 2 is 1.95 bits per heavy atom. The van der Waals surface area contributed by atoms with Gasteiger partial charge in [-0.05, 0) is 25.8 Å². The largest absolute Gasteiger partial charge is 0.383 e. The molecule has 2 N–H and O–H groups in total. The lowest BCUT2D eigenvalue weighted by atomic mass is 10.1. The second-order valence-electron chi connectivity index (χ2n) is 4.43. The van der Waals surface area contributed by atoms with Crippen LogP contribution in [0.5, 0.6) is 0 Å². The molecule has 1 heterocycles. The number of piperidine rings is 1. The number of halogens is 4. The van der Waals surface area contributed by atoms with Gasteiger partial charge in [-0.25, -0.2) is 8.78 Å². The molecule has 0 saturated carbocycles. The number of alkyl halides is 4. The van der Waals surface area contributed by atoms with Crippen LogP contribution in [0, 0.1) is 0 Å². The van der Waals surface area contributed by atoms with Gasteiger partial charge in [0.05, 0.1) is 6.10 Å². The SMILES string of the molecule is NCCCOC1CCN(C(=O)C(F)(F)C(F)F)CC1. The van der Waals surface area contributed by atoms with Crippen molar-refractivity contribution in [2.24, 2.45) is 5.73 Å². The van der Waals surface area contributed by atoms with E-state index in [-0.39, 0.29) is 19.2 Å². The second-order valence-corrected chi connectivity index (χ2v) is 4.43. The van der Waals surface area contributed by atoms with E-state index in [0.29, 0.717) is 32.4 Å². The number of rotatable bonds is 6. The third kappa shape index (κ3) is 4.31. The number of amides is 1. The molecule has 1 rings (SSSR count). The number of carbonyl (C=O) groups excluding carboxylic acids is 1. The summed E-state index contributed by atoms with van der Waals surface area (Å²) in [6.07, 6.45) is -2.66. The molecular formula is C11H18F4N2O2. The van der Waals surface area contributed by atoms with E-state index >= 15 is 0 Å². The molecule has 0 aliphatic carbocycles. The molecule has 4 nitrogen and oxygen atoms in total. The van der Waals surface area contributed by atoms with Crippen molar-refractivity contribution in [3.05, 3.63) is 0 Å². The molecule has 0 bridgehead atoms. The Balaban J connectivity index is 2.39. The maximum absolute atomic E-state index is 12.9. The zero-order valence-corrected chi connectivity index (χ0v) is 10.5. The quantitative estimate of drug-likeness (QED) is 0.590. The van der Waals surface area contributed by atoms with Gasteiger partial charge in [-0.15, -0.1) is 0 Å². The molecule has 1 saturated heterocycles. The Morgan fingerprint density at radius 1 is 1.37 bits per heavy atom. The lowest BCUT2D eigenvalue weighted by molar-refractivity contribution is -0.182. The summed E-state index contributed by atoms with van der Waals surface area (Å²) in [5.74, 6) is -6.41. The number of carbonyl (C=O) groups is 1. The summed E-state index contributed by atoms with van der Waals surface area (Å²) in [6.45, 7) is 0.989. The molecule has 112 valence electrons. The molecule has 1 fully saturated rings. The number of nitrogens with two attached hydrogens (primary N) is 1. The van der Waals surface area contributed by atoms with Crippen molar-refractivity contribution in [1.82, 2.24) is 4.90 Å². The summed E-state index contributed by atoms with van der Waals surface area (Å²) < 4.78 is 55.3. The first-order chi connectivity index (χ1) is 8.89. The minimum Gasteiger partial charge on any atom is -0.378 e. The predicted octanol–water partition coefficient (Wildman–Crippen LogP) is 1.24. The molecule has 8 heteroatoms. The summed E-state index contributed by atoms with van der Waals surface area (Å²) in [7, 11) is 0. The molecule has 0 atom stereocenters. The zero-order chi connectivity index (χ0) is 14.5. The van der Waals surface area contributed by atoms with E-state index in [2.05, 4.69) is 0 Å². The van der Waals surface area contributed by atoms with Crippen LogP contribution in [-0.4, -0.2) is 55.5 Å². The third-order valence-electron chi connectivity index (χ3n) is 2.99. The highest BCUT2D eigenvalue weighted by molar-refractivity contribution is 5.84. The Hall–Kier alpha value is -0.890. The zero-order valence-electron chi connectivity index (χ0n) is 10.5. The Labute approximate surface area is 108 Å². The molecule has 1 amide bonds. The number of hydrogen-bond donors (Lipinski definition) is 1. The van der Waals surface area contributed by atoms with E-state index in [1.54, 1.807) is 0 Å². The fourth-order valence-corrected chi connectivity index (χ4v) is 1.86. The lowest BCUT2D eigenvalue weighted by Gasteiger charge is -2.33. The van der Waals surface area contributed by atoms with Gasteiger partial charge in [0.15, 0.2) is 0 Å². The van der Waals surface area contributed by atoms with Crippen molar-refractivity contribution < 1.29 is 27.1 Å². The van der Waals surface area contributed by atoms with E-state index in [0.717, 1.165) is 4.90 Å². The van der Waals surface area contributed by atoms with Crippen LogP contribution in [-0.2, 0) is 9.53 Å². The fraction of sp³-hybridized carbons (Fsp3) is 0.909. The second kappa shape index (κ2) is 7.04. The Morgan fingerprint density at radius 3 is 2.42 bits per heavy atom. The minimum atomic E-state index is -4.60. The first kappa shape index (κ1) is 16.2. The van der Waals surface area contributed by atoms with Crippen molar-refractivity contribution in [3.63, 3.8) is 0 Å². The van der Waals surface area contributed by atoms with Gasteiger partial charge in [-0.2, -0.15) is 8.78 Å².